The fourth-order valence-electron chi connectivity index (χ4n) is 1.75. The van der Waals surface area contributed by atoms with Crippen LogP contribution in [0.2, 0.25) is 5.15 Å². The Morgan fingerprint density at radius 2 is 2.15 bits per heavy atom. The molecule has 104 valence electrons. The Morgan fingerprint density at radius 1 is 1.35 bits per heavy atom. The van der Waals surface area contributed by atoms with E-state index in [2.05, 4.69) is 14.7 Å². The molecule has 0 atom stereocenters. The van der Waals surface area contributed by atoms with Gasteiger partial charge in [-0.05, 0) is 19.1 Å². The number of hydrogen-bond donors (Lipinski definition) is 1. The molecule has 3 heterocycles. The Labute approximate surface area is 124 Å². The molecule has 3 aromatic heterocycles. The maximum Gasteiger partial charge on any atom is 0.282 e. The average Bonchev–Trinajstić information content (AvgIpc) is 2.91. The van der Waals surface area contributed by atoms with E-state index < -0.39 is 10.0 Å². The summed E-state index contributed by atoms with van der Waals surface area (Å²) in [7, 11) is -3.85. The second kappa shape index (κ2) is 4.72. The number of halogens is 1. The summed E-state index contributed by atoms with van der Waals surface area (Å²) in [6.07, 6.45) is 1.59. The van der Waals surface area contributed by atoms with Crippen LogP contribution in [0.3, 0.4) is 0 Å². The second-order valence-electron chi connectivity index (χ2n) is 4.04. The molecule has 0 fully saturated rings. The van der Waals surface area contributed by atoms with Crippen molar-refractivity contribution < 1.29 is 8.42 Å². The van der Waals surface area contributed by atoms with Crippen LogP contribution < -0.4 is 4.72 Å². The van der Waals surface area contributed by atoms with E-state index in [1.54, 1.807) is 36.7 Å². The first kappa shape index (κ1) is 13.3. The van der Waals surface area contributed by atoms with Crippen molar-refractivity contribution in [1.82, 2.24) is 14.4 Å². The fourth-order valence-corrected chi connectivity index (χ4v) is 4.34. The minimum absolute atomic E-state index is 0.0722. The van der Waals surface area contributed by atoms with E-state index in [9.17, 15) is 8.42 Å². The zero-order valence-corrected chi connectivity index (χ0v) is 12.6. The van der Waals surface area contributed by atoms with E-state index in [-0.39, 0.29) is 10.2 Å². The Morgan fingerprint density at radius 3 is 2.85 bits per heavy atom. The Bertz CT molecular complexity index is 885. The van der Waals surface area contributed by atoms with E-state index in [0.29, 0.717) is 10.8 Å². The lowest BCUT2D eigenvalue weighted by Crippen LogP contribution is -2.15. The van der Waals surface area contributed by atoms with Crippen LogP contribution in [0.25, 0.3) is 5.65 Å². The van der Waals surface area contributed by atoms with Gasteiger partial charge >= 0.3 is 0 Å². The standard InChI is InChI=1S/C11H9ClN4O2S2/c1-7-6-19-11(13-7)15-20(17,18)10-9(12)14-8-4-2-3-5-16(8)10/h2-6H,1H3,(H,13,15). The number of anilines is 1. The first-order valence-corrected chi connectivity index (χ1v) is 8.29. The number of thiazole rings is 1. The topological polar surface area (TPSA) is 76.4 Å². The average molecular weight is 329 g/mol. The minimum atomic E-state index is -3.85. The summed E-state index contributed by atoms with van der Waals surface area (Å²) in [5.74, 6) is 0. The van der Waals surface area contributed by atoms with Gasteiger partial charge in [-0.3, -0.25) is 9.12 Å². The molecule has 0 bridgehead atoms. The minimum Gasteiger partial charge on any atom is -0.288 e. The van der Waals surface area contributed by atoms with E-state index in [1.165, 1.54) is 15.7 Å². The molecule has 1 N–H and O–H groups in total. The summed E-state index contributed by atoms with van der Waals surface area (Å²) in [5.41, 5.74) is 1.21. The number of nitrogens with one attached hydrogen (secondary N) is 1. The van der Waals surface area contributed by atoms with Gasteiger partial charge in [0.15, 0.2) is 15.3 Å². The van der Waals surface area contributed by atoms with Crippen molar-refractivity contribution >= 4 is 43.7 Å². The first-order chi connectivity index (χ1) is 9.47. The van der Waals surface area contributed by atoms with E-state index >= 15 is 0 Å². The van der Waals surface area contributed by atoms with Gasteiger partial charge in [0.25, 0.3) is 10.0 Å². The van der Waals surface area contributed by atoms with Gasteiger partial charge in [-0.2, -0.15) is 8.42 Å². The number of sulfonamides is 1. The summed E-state index contributed by atoms with van der Waals surface area (Å²) < 4.78 is 28.7. The van der Waals surface area contributed by atoms with Crippen molar-refractivity contribution in [2.75, 3.05) is 4.72 Å². The molecule has 0 aromatic carbocycles. The highest BCUT2D eigenvalue weighted by Gasteiger charge is 2.25. The summed E-state index contributed by atoms with van der Waals surface area (Å²) in [6, 6.07) is 5.14. The number of imidazole rings is 1. The third-order valence-corrected chi connectivity index (χ3v) is 5.28. The van der Waals surface area contributed by atoms with Gasteiger partial charge in [0.2, 0.25) is 0 Å². The number of pyridine rings is 1. The van der Waals surface area contributed by atoms with Gasteiger partial charge in [-0.1, -0.05) is 17.7 Å². The van der Waals surface area contributed by atoms with Gasteiger partial charge in [0, 0.05) is 11.6 Å². The predicted molar refractivity (Wildman–Crippen MR) is 77.9 cm³/mol. The van der Waals surface area contributed by atoms with Gasteiger partial charge in [0.1, 0.15) is 5.65 Å². The maximum atomic E-state index is 12.4. The molecule has 0 amide bonds. The molecule has 0 aliphatic heterocycles. The van der Waals surface area contributed by atoms with Gasteiger partial charge in [-0.25, -0.2) is 9.97 Å². The third-order valence-electron chi connectivity index (χ3n) is 2.54. The lowest BCUT2D eigenvalue weighted by atomic mass is 10.5. The van der Waals surface area contributed by atoms with Crippen LogP contribution in [-0.4, -0.2) is 22.8 Å². The van der Waals surface area contributed by atoms with Gasteiger partial charge < -0.3 is 0 Å². The zero-order valence-electron chi connectivity index (χ0n) is 10.2. The summed E-state index contributed by atoms with van der Waals surface area (Å²) >= 11 is 7.17. The molecular formula is C11H9ClN4O2S2. The van der Waals surface area contributed by atoms with Crippen molar-refractivity contribution in [3.05, 3.63) is 40.6 Å². The van der Waals surface area contributed by atoms with Crippen molar-refractivity contribution in [1.29, 1.82) is 0 Å². The molecular weight excluding hydrogens is 320 g/mol. The molecule has 0 aliphatic rings. The van der Waals surface area contributed by atoms with Crippen LogP contribution in [-0.2, 0) is 10.0 Å². The Balaban J connectivity index is 2.11. The molecule has 0 unspecified atom stereocenters. The maximum absolute atomic E-state index is 12.4. The number of fused-ring (bicyclic) bond motifs is 1. The van der Waals surface area contributed by atoms with Crippen molar-refractivity contribution in [2.24, 2.45) is 0 Å². The quantitative estimate of drug-likeness (QED) is 0.801. The summed E-state index contributed by atoms with van der Waals surface area (Å²) in [4.78, 5) is 8.09. The summed E-state index contributed by atoms with van der Waals surface area (Å²) in [5, 5.41) is 1.89. The fraction of sp³-hybridized carbons (Fsp3) is 0.0909. The molecule has 0 saturated carbocycles. The van der Waals surface area contributed by atoms with Crippen molar-refractivity contribution in [3.63, 3.8) is 0 Å². The lowest BCUT2D eigenvalue weighted by Gasteiger charge is -2.05. The van der Waals surface area contributed by atoms with Crippen LogP contribution in [0.1, 0.15) is 5.69 Å². The number of nitrogens with zero attached hydrogens (tertiary/aromatic N) is 3. The number of hydrogen-bond acceptors (Lipinski definition) is 5. The molecule has 20 heavy (non-hydrogen) atoms. The molecule has 6 nitrogen and oxygen atoms in total. The normalized spacial score (nSPS) is 11.9. The molecule has 0 radical (unpaired) electrons. The van der Waals surface area contributed by atoms with Crippen molar-refractivity contribution in [2.45, 2.75) is 11.9 Å². The Hall–Kier alpha value is -1.64. The predicted octanol–water partition coefficient (Wildman–Crippen LogP) is 2.55. The van der Waals surface area contributed by atoms with E-state index in [1.807, 2.05) is 0 Å². The van der Waals surface area contributed by atoms with Crippen LogP contribution in [0.4, 0.5) is 5.13 Å². The zero-order chi connectivity index (χ0) is 14.3. The molecule has 0 spiro atoms. The van der Waals surface area contributed by atoms with Crippen LogP contribution >= 0.6 is 22.9 Å². The number of aromatic nitrogens is 3. The highest BCUT2D eigenvalue weighted by molar-refractivity contribution is 7.93. The highest BCUT2D eigenvalue weighted by Crippen LogP contribution is 2.25. The lowest BCUT2D eigenvalue weighted by molar-refractivity contribution is 0.596. The van der Waals surface area contributed by atoms with Crippen LogP contribution in [0.15, 0.2) is 34.8 Å². The monoisotopic (exact) mass is 328 g/mol. The largest absolute Gasteiger partial charge is 0.288 e. The van der Waals surface area contributed by atoms with E-state index in [4.69, 9.17) is 11.6 Å². The van der Waals surface area contributed by atoms with Gasteiger partial charge in [0.05, 0.1) is 5.69 Å². The molecule has 9 heteroatoms. The first-order valence-electron chi connectivity index (χ1n) is 5.55. The van der Waals surface area contributed by atoms with Crippen LogP contribution in [0, 0.1) is 6.92 Å². The molecule has 3 aromatic rings. The number of rotatable bonds is 3. The smallest absolute Gasteiger partial charge is 0.282 e. The Kier molecular flexibility index (Phi) is 3.15. The molecule has 0 saturated heterocycles. The highest BCUT2D eigenvalue weighted by atomic mass is 35.5. The van der Waals surface area contributed by atoms with Gasteiger partial charge in [-0.15, -0.1) is 11.3 Å². The number of aryl methyl sites for hydroxylation is 1. The van der Waals surface area contributed by atoms with Crippen molar-refractivity contribution in [3.8, 4) is 0 Å². The SMILES string of the molecule is Cc1csc(NS(=O)(=O)c2c(Cl)nc3ccccn23)n1. The third kappa shape index (κ3) is 2.26. The molecule has 3 rings (SSSR count). The molecule has 0 aliphatic carbocycles. The van der Waals surface area contributed by atoms with Crippen LogP contribution in [0.5, 0.6) is 0 Å². The second-order valence-corrected chi connectivity index (χ2v) is 6.85. The summed E-state index contributed by atoms with van der Waals surface area (Å²) in [6.45, 7) is 1.79. The van der Waals surface area contributed by atoms with E-state index in [0.717, 1.165) is 5.69 Å².